The fraction of sp³-hybridized carbons (Fsp3) is 0.562. The lowest BCUT2D eigenvalue weighted by Gasteiger charge is -2.09. The molecule has 1 rings (SSSR count). The van der Waals surface area contributed by atoms with Crippen molar-refractivity contribution in [1.82, 2.24) is 5.32 Å². The molecule has 0 heterocycles. The summed E-state index contributed by atoms with van der Waals surface area (Å²) < 4.78 is 6.08. The smallest absolute Gasteiger partial charge is 0.220 e. The molecule has 0 aromatic heterocycles. The largest absolute Gasteiger partial charge is 0.496 e. The Hall–Kier alpha value is -1.07. The highest BCUT2D eigenvalue weighted by atomic mass is 79.9. The van der Waals surface area contributed by atoms with Crippen LogP contribution in [-0.2, 0) is 11.2 Å². The van der Waals surface area contributed by atoms with Crippen molar-refractivity contribution in [3.63, 3.8) is 0 Å². The van der Waals surface area contributed by atoms with E-state index >= 15 is 0 Å². The van der Waals surface area contributed by atoms with Gasteiger partial charge in [0, 0.05) is 19.6 Å². The van der Waals surface area contributed by atoms with Gasteiger partial charge in [-0.05, 0) is 58.8 Å². The predicted octanol–water partition coefficient (Wildman–Crippen LogP) is 2.92. The number of aliphatic hydroxyl groups excluding tert-OH is 1. The normalized spacial score (nSPS) is 12.0. The predicted molar refractivity (Wildman–Crippen MR) is 87.5 cm³/mol. The van der Waals surface area contributed by atoms with Crippen LogP contribution in [0.15, 0.2) is 22.7 Å². The van der Waals surface area contributed by atoms with Crippen LogP contribution in [-0.4, -0.2) is 31.3 Å². The molecular formula is C16H24BrNO3. The quantitative estimate of drug-likeness (QED) is 0.668. The number of rotatable bonds is 9. The summed E-state index contributed by atoms with van der Waals surface area (Å²) in [7, 11) is 1.63. The Labute approximate surface area is 135 Å². The lowest BCUT2D eigenvalue weighted by atomic mass is 10.1. The lowest BCUT2D eigenvalue weighted by molar-refractivity contribution is -0.121. The van der Waals surface area contributed by atoms with Gasteiger partial charge in [-0.2, -0.15) is 0 Å². The van der Waals surface area contributed by atoms with Crippen LogP contribution >= 0.6 is 15.9 Å². The summed E-state index contributed by atoms with van der Waals surface area (Å²) in [5, 5.41) is 11.8. The standard InChI is InChI=1S/C16H24BrNO3/c1-12(11-19)4-3-9-18-16(20)8-6-13-5-7-15(21-2)14(17)10-13/h5,7,10,12,19H,3-4,6,8-9,11H2,1-2H3,(H,18,20). The molecule has 1 unspecified atom stereocenters. The van der Waals surface area contributed by atoms with E-state index in [1.54, 1.807) is 7.11 Å². The SMILES string of the molecule is COc1ccc(CCC(=O)NCCCC(C)CO)cc1Br. The maximum atomic E-state index is 11.7. The molecule has 0 aliphatic carbocycles. The van der Waals surface area contributed by atoms with Gasteiger partial charge in [-0.1, -0.05) is 13.0 Å². The topological polar surface area (TPSA) is 58.6 Å². The molecule has 0 fully saturated rings. The molecular weight excluding hydrogens is 334 g/mol. The zero-order valence-electron chi connectivity index (χ0n) is 12.7. The van der Waals surface area contributed by atoms with Crippen molar-refractivity contribution in [2.24, 2.45) is 5.92 Å². The van der Waals surface area contributed by atoms with Crippen LogP contribution in [0.1, 0.15) is 31.7 Å². The third kappa shape index (κ3) is 6.96. The van der Waals surface area contributed by atoms with Gasteiger partial charge in [0.1, 0.15) is 5.75 Å². The Balaban J connectivity index is 2.25. The fourth-order valence-electron chi connectivity index (χ4n) is 1.98. The molecule has 1 atom stereocenters. The van der Waals surface area contributed by atoms with Crippen LogP contribution in [0.3, 0.4) is 0 Å². The number of carbonyl (C=O) groups is 1. The first kappa shape index (κ1) is 18.0. The van der Waals surface area contributed by atoms with E-state index in [-0.39, 0.29) is 12.5 Å². The highest BCUT2D eigenvalue weighted by Gasteiger charge is 2.05. The molecule has 0 radical (unpaired) electrons. The highest BCUT2D eigenvalue weighted by molar-refractivity contribution is 9.10. The molecule has 118 valence electrons. The zero-order chi connectivity index (χ0) is 15.7. The fourth-order valence-corrected chi connectivity index (χ4v) is 2.57. The average Bonchev–Trinajstić information content (AvgIpc) is 2.49. The molecule has 1 aromatic carbocycles. The molecule has 4 nitrogen and oxygen atoms in total. The van der Waals surface area contributed by atoms with Gasteiger partial charge in [0.2, 0.25) is 5.91 Å². The van der Waals surface area contributed by atoms with Crippen molar-refractivity contribution < 1.29 is 14.6 Å². The number of ether oxygens (including phenoxy) is 1. The summed E-state index contributed by atoms with van der Waals surface area (Å²) in [6, 6.07) is 5.85. The minimum atomic E-state index is 0.0681. The van der Waals surface area contributed by atoms with Gasteiger partial charge >= 0.3 is 0 Å². The molecule has 0 bridgehead atoms. The van der Waals surface area contributed by atoms with Gasteiger partial charge in [-0.3, -0.25) is 4.79 Å². The van der Waals surface area contributed by atoms with Gasteiger partial charge < -0.3 is 15.2 Å². The Bertz CT molecular complexity index is 451. The molecule has 0 saturated carbocycles. The van der Waals surface area contributed by atoms with Crippen LogP contribution in [0.25, 0.3) is 0 Å². The number of halogens is 1. The number of aliphatic hydroxyl groups is 1. The first-order valence-electron chi connectivity index (χ1n) is 7.26. The number of hydrogen-bond acceptors (Lipinski definition) is 3. The van der Waals surface area contributed by atoms with Gasteiger partial charge in [0.05, 0.1) is 11.6 Å². The van der Waals surface area contributed by atoms with E-state index < -0.39 is 0 Å². The van der Waals surface area contributed by atoms with E-state index in [2.05, 4.69) is 21.2 Å². The summed E-state index contributed by atoms with van der Waals surface area (Å²) in [5.41, 5.74) is 1.10. The van der Waals surface area contributed by atoms with E-state index in [1.807, 2.05) is 25.1 Å². The summed E-state index contributed by atoms with van der Waals surface area (Å²) in [6.45, 7) is 2.89. The second-order valence-corrected chi connectivity index (χ2v) is 6.10. The number of nitrogens with one attached hydrogen (secondary N) is 1. The lowest BCUT2D eigenvalue weighted by Crippen LogP contribution is -2.25. The Morgan fingerprint density at radius 1 is 1.48 bits per heavy atom. The van der Waals surface area contributed by atoms with E-state index in [4.69, 9.17) is 9.84 Å². The van der Waals surface area contributed by atoms with Crippen LogP contribution in [0.5, 0.6) is 5.75 Å². The van der Waals surface area contributed by atoms with Crippen LogP contribution < -0.4 is 10.1 Å². The Morgan fingerprint density at radius 3 is 2.86 bits per heavy atom. The van der Waals surface area contributed by atoms with Crippen molar-refractivity contribution in [2.75, 3.05) is 20.3 Å². The summed E-state index contributed by atoms with van der Waals surface area (Å²) in [4.78, 5) is 11.7. The van der Waals surface area contributed by atoms with E-state index in [0.29, 0.717) is 25.3 Å². The van der Waals surface area contributed by atoms with Crippen LogP contribution in [0.4, 0.5) is 0 Å². The van der Waals surface area contributed by atoms with Gasteiger partial charge in [0.25, 0.3) is 0 Å². The van der Waals surface area contributed by atoms with E-state index in [9.17, 15) is 4.79 Å². The van der Waals surface area contributed by atoms with Crippen LogP contribution in [0.2, 0.25) is 0 Å². The molecule has 5 heteroatoms. The maximum absolute atomic E-state index is 11.7. The Kier molecular flexibility index (Phi) is 8.38. The summed E-state index contributed by atoms with van der Waals surface area (Å²) in [6.07, 6.45) is 3.03. The number of methoxy groups -OCH3 is 1. The second-order valence-electron chi connectivity index (χ2n) is 5.25. The first-order chi connectivity index (χ1) is 10.1. The average molecular weight is 358 g/mol. The zero-order valence-corrected chi connectivity index (χ0v) is 14.3. The number of benzene rings is 1. The van der Waals surface area contributed by atoms with E-state index in [1.165, 1.54) is 0 Å². The number of amides is 1. The first-order valence-corrected chi connectivity index (χ1v) is 8.06. The molecule has 1 amide bonds. The highest BCUT2D eigenvalue weighted by Crippen LogP contribution is 2.25. The van der Waals surface area contributed by atoms with Crippen molar-refractivity contribution in [1.29, 1.82) is 0 Å². The molecule has 1 aromatic rings. The summed E-state index contributed by atoms with van der Waals surface area (Å²) in [5.74, 6) is 1.17. The van der Waals surface area contributed by atoms with Crippen molar-refractivity contribution in [3.8, 4) is 5.75 Å². The third-order valence-corrected chi connectivity index (χ3v) is 3.98. The molecule has 0 spiro atoms. The molecule has 0 aliphatic rings. The van der Waals surface area contributed by atoms with Gasteiger partial charge in [-0.15, -0.1) is 0 Å². The van der Waals surface area contributed by atoms with Gasteiger partial charge in [0.15, 0.2) is 0 Å². The van der Waals surface area contributed by atoms with E-state index in [0.717, 1.165) is 28.6 Å². The minimum absolute atomic E-state index is 0.0681. The Morgan fingerprint density at radius 2 is 2.24 bits per heavy atom. The van der Waals surface area contributed by atoms with Crippen molar-refractivity contribution in [3.05, 3.63) is 28.2 Å². The monoisotopic (exact) mass is 357 g/mol. The number of carbonyl (C=O) groups excluding carboxylic acids is 1. The third-order valence-electron chi connectivity index (χ3n) is 3.36. The molecule has 0 aliphatic heterocycles. The summed E-state index contributed by atoms with van der Waals surface area (Å²) >= 11 is 3.44. The molecule has 0 saturated heterocycles. The minimum Gasteiger partial charge on any atom is -0.496 e. The molecule has 2 N–H and O–H groups in total. The number of aryl methyl sites for hydroxylation is 1. The molecule has 21 heavy (non-hydrogen) atoms. The number of hydrogen-bond donors (Lipinski definition) is 2. The van der Waals surface area contributed by atoms with Gasteiger partial charge in [-0.25, -0.2) is 0 Å². The maximum Gasteiger partial charge on any atom is 0.220 e. The van der Waals surface area contributed by atoms with Crippen LogP contribution in [0, 0.1) is 5.92 Å². The van der Waals surface area contributed by atoms with Crippen molar-refractivity contribution in [2.45, 2.75) is 32.6 Å². The van der Waals surface area contributed by atoms with Crippen molar-refractivity contribution >= 4 is 21.8 Å². The second kappa shape index (κ2) is 9.79.